The zero-order valence-electron chi connectivity index (χ0n) is 8.74. The molecule has 0 aliphatic heterocycles. The second-order valence-corrected chi connectivity index (χ2v) is 3.57. The Kier molecular flexibility index (Phi) is 2.82. The van der Waals surface area contributed by atoms with Gasteiger partial charge in [0.25, 0.3) is 0 Å². The zero-order valence-corrected chi connectivity index (χ0v) is 8.74. The standard InChI is InChI=1S/C10H15N5/c1-9(11)10-7-12-8-14(10)5-6-15-4-2-3-13-15/h2-4,7-9H,5-6,11H2,1H3. The molecular weight excluding hydrogens is 190 g/mol. The van der Waals surface area contributed by atoms with E-state index in [9.17, 15) is 0 Å². The molecule has 2 N–H and O–H groups in total. The largest absolute Gasteiger partial charge is 0.331 e. The number of rotatable bonds is 4. The molecule has 0 saturated heterocycles. The minimum atomic E-state index is 0.0186. The minimum absolute atomic E-state index is 0.0186. The second kappa shape index (κ2) is 4.27. The lowest BCUT2D eigenvalue weighted by Crippen LogP contribution is -2.14. The van der Waals surface area contributed by atoms with Crippen molar-refractivity contribution in [2.75, 3.05) is 0 Å². The number of hydrogen-bond acceptors (Lipinski definition) is 3. The van der Waals surface area contributed by atoms with Crippen LogP contribution in [0.25, 0.3) is 0 Å². The molecule has 0 saturated carbocycles. The van der Waals surface area contributed by atoms with Gasteiger partial charge in [0.15, 0.2) is 0 Å². The number of aryl methyl sites for hydroxylation is 2. The van der Waals surface area contributed by atoms with Crippen LogP contribution in [-0.2, 0) is 13.1 Å². The van der Waals surface area contributed by atoms with Crippen molar-refractivity contribution in [1.82, 2.24) is 19.3 Å². The molecule has 0 spiro atoms. The van der Waals surface area contributed by atoms with E-state index in [1.807, 2.05) is 36.4 Å². The van der Waals surface area contributed by atoms with Gasteiger partial charge in [-0.25, -0.2) is 4.98 Å². The maximum atomic E-state index is 5.82. The van der Waals surface area contributed by atoms with E-state index in [1.54, 1.807) is 6.20 Å². The predicted octanol–water partition coefficient (Wildman–Crippen LogP) is 0.799. The first-order valence-corrected chi connectivity index (χ1v) is 5.00. The summed E-state index contributed by atoms with van der Waals surface area (Å²) < 4.78 is 3.96. The molecular formula is C10H15N5. The minimum Gasteiger partial charge on any atom is -0.331 e. The molecule has 0 amide bonds. The van der Waals surface area contributed by atoms with Gasteiger partial charge < -0.3 is 10.3 Å². The van der Waals surface area contributed by atoms with Gasteiger partial charge in [-0.1, -0.05) is 0 Å². The maximum absolute atomic E-state index is 5.82. The Labute approximate surface area is 88.5 Å². The summed E-state index contributed by atoms with van der Waals surface area (Å²) in [7, 11) is 0. The predicted molar refractivity (Wildman–Crippen MR) is 57.1 cm³/mol. The van der Waals surface area contributed by atoms with Crippen LogP contribution in [0.15, 0.2) is 31.0 Å². The van der Waals surface area contributed by atoms with Crippen LogP contribution in [0.4, 0.5) is 0 Å². The highest BCUT2D eigenvalue weighted by molar-refractivity contribution is 5.02. The number of nitrogens with two attached hydrogens (primary N) is 1. The highest BCUT2D eigenvalue weighted by Gasteiger charge is 2.05. The Balaban J connectivity index is 2.02. The molecule has 0 aliphatic carbocycles. The lowest BCUT2D eigenvalue weighted by atomic mass is 10.3. The van der Waals surface area contributed by atoms with Crippen molar-refractivity contribution in [2.45, 2.75) is 26.1 Å². The lowest BCUT2D eigenvalue weighted by molar-refractivity contribution is 0.513. The molecule has 1 atom stereocenters. The first-order chi connectivity index (χ1) is 7.27. The van der Waals surface area contributed by atoms with E-state index in [1.165, 1.54) is 0 Å². The van der Waals surface area contributed by atoms with E-state index in [0.717, 1.165) is 18.8 Å². The molecule has 1 unspecified atom stereocenters. The molecule has 15 heavy (non-hydrogen) atoms. The first-order valence-electron chi connectivity index (χ1n) is 5.00. The van der Waals surface area contributed by atoms with Crippen molar-refractivity contribution < 1.29 is 0 Å². The van der Waals surface area contributed by atoms with Crippen LogP contribution in [0.3, 0.4) is 0 Å². The lowest BCUT2D eigenvalue weighted by Gasteiger charge is -2.10. The van der Waals surface area contributed by atoms with Crippen LogP contribution >= 0.6 is 0 Å². The molecule has 0 aliphatic rings. The molecule has 0 radical (unpaired) electrons. The van der Waals surface area contributed by atoms with E-state index < -0.39 is 0 Å². The molecule has 2 heterocycles. The van der Waals surface area contributed by atoms with Gasteiger partial charge in [0.1, 0.15) is 0 Å². The Hall–Kier alpha value is -1.62. The summed E-state index contributed by atoms with van der Waals surface area (Å²) in [5, 5.41) is 4.14. The Bertz CT molecular complexity index is 401. The average Bonchev–Trinajstić information content (AvgIpc) is 2.86. The second-order valence-electron chi connectivity index (χ2n) is 3.57. The van der Waals surface area contributed by atoms with Crippen LogP contribution < -0.4 is 5.73 Å². The van der Waals surface area contributed by atoms with Crippen LogP contribution in [0.1, 0.15) is 18.7 Å². The van der Waals surface area contributed by atoms with E-state index in [0.29, 0.717) is 0 Å². The number of hydrogen-bond donors (Lipinski definition) is 1. The molecule has 2 aromatic heterocycles. The normalized spacial score (nSPS) is 12.9. The van der Waals surface area contributed by atoms with Gasteiger partial charge in [-0.3, -0.25) is 4.68 Å². The monoisotopic (exact) mass is 205 g/mol. The van der Waals surface area contributed by atoms with Crippen LogP contribution in [0, 0.1) is 0 Å². The molecule has 0 bridgehead atoms. The molecule has 2 aromatic rings. The van der Waals surface area contributed by atoms with Crippen molar-refractivity contribution in [3.8, 4) is 0 Å². The Morgan fingerprint density at radius 2 is 2.33 bits per heavy atom. The van der Waals surface area contributed by atoms with Gasteiger partial charge in [0.05, 0.1) is 18.6 Å². The topological polar surface area (TPSA) is 61.7 Å². The van der Waals surface area contributed by atoms with Gasteiger partial charge in [-0.05, 0) is 13.0 Å². The maximum Gasteiger partial charge on any atom is 0.0949 e. The zero-order chi connectivity index (χ0) is 10.7. The van der Waals surface area contributed by atoms with Crippen molar-refractivity contribution in [1.29, 1.82) is 0 Å². The quantitative estimate of drug-likeness (QED) is 0.803. The third kappa shape index (κ3) is 2.24. The first kappa shape index (κ1) is 9.92. The smallest absolute Gasteiger partial charge is 0.0949 e. The third-order valence-electron chi connectivity index (χ3n) is 2.34. The van der Waals surface area contributed by atoms with E-state index >= 15 is 0 Å². The summed E-state index contributed by atoms with van der Waals surface area (Å²) >= 11 is 0. The van der Waals surface area contributed by atoms with Crippen LogP contribution in [0.2, 0.25) is 0 Å². The summed E-state index contributed by atoms with van der Waals surface area (Å²) in [6.07, 6.45) is 7.35. The van der Waals surface area contributed by atoms with Gasteiger partial charge in [0.2, 0.25) is 0 Å². The fraction of sp³-hybridized carbons (Fsp3) is 0.400. The third-order valence-corrected chi connectivity index (χ3v) is 2.34. The van der Waals surface area contributed by atoms with Crippen molar-refractivity contribution in [2.24, 2.45) is 5.73 Å². The summed E-state index contributed by atoms with van der Waals surface area (Å²) in [6, 6.07) is 1.94. The van der Waals surface area contributed by atoms with Crippen molar-refractivity contribution >= 4 is 0 Å². The molecule has 5 heteroatoms. The van der Waals surface area contributed by atoms with Crippen molar-refractivity contribution in [3.05, 3.63) is 36.7 Å². The molecule has 0 aromatic carbocycles. The molecule has 80 valence electrons. The van der Waals surface area contributed by atoms with E-state index in [-0.39, 0.29) is 6.04 Å². The van der Waals surface area contributed by atoms with E-state index in [4.69, 9.17) is 5.73 Å². The summed E-state index contributed by atoms with van der Waals surface area (Å²) in [4.78, 5) is 4.10. The van der Waals surface area contributed by atoms with Gasteiger partial charge >= 0.3 is 0 Å². The summed E-state index contributed by atoms with van der Waals surface area (Å²) in [5.41, 5.74) is 6.88. The fourth-order valence-corrected chi connectivity index (χ4v) is 1.54. The Morgan fingerprint density at radius 3 is 3.00 bits per heavy atom. The SMILES string of the molecule is CC(N)c1cncn1CCn1cccn1. The molecule has 2 rings (SSSR count). The van der Waals surface area contributed by atoms with E-state index in [2.05, 4.69) is 14.6 Å². The van der Waals surface area contributed by atoms with Crippen LogP contribution in [-0.4, -0.2) is 19.3 Å². The summed E-state index contributed by atoms with van der Waals surface area (Å²) in [5.74, 6) is 0. The number of imidazole rings is 1. The van der Waals surface area contributed by atoms with Gasteiger partial charge in [-0.15, -0.1) is 0 Å². The van der Waals surface area contributed by atoms with Gasteiger partial charge in [0, 0.05) is 31.2 Å². The highest BCUT2D eigenvalue weighted by atomic mass is 15.3. The molecule has 5 nitrogen and oxygen atoms in total. The fourth-order valence-electron chi connectivity index (χ4n) is 1.54. The van der Waals surface area contributed by atoms with Crippen molar-refractivity contribution in [3.63, 3.8) is 0 Å². The van der Waals surface area contributed by atoms with Crippen LogP contribution in [0.5, 0.6) is 0 Å². The average molecular weight is 205 g/mol. The number of aromatic nitrogens is 4. The highest BCUT2D eigenvalue weighted by Crippen LogP contribution is 2.08. The molecule has 0 fully saturated rings. The summed E-state index contributed by atoms with van der Waals surface area (Å²) in [6.45, 7) is 3.64. The Morgan fingerprint density at radius 1 is 1.47 bits per heavy atom. The number of nitrogens with zero attached hydrogens (tertiary/aromatic N) is 4. The van der Waals surface area contributed by atoms with Gasteiger partial charge in [-0.2, -0.15) is 5.10 Å².